The van der Waals surface area contributed by atoms with E-state index in [2.05, 4.69) is 0 Å². The molecule has 0 aliphatic rings. The highest BCUT2D eigenvalue weighted by molar-refractivity contribution is 4.60. The maximum absolute atomic E-state index is 9.32. The lowest BCUT2D eigenvalue weighted by Crippen LogP contribution is -2.45. The molecule has 0 unspecified atom stereocenters. The normalized spacial score (nSPS) is 10.3. The Hall–Kier alpha value is -0.240. The fraction of sp³-hybridized carbons (Fsp3) is 1.00. The first-order valence-electron chi connectivity index (χ1n) is 1.48. The van der Waals surface area contributed by atoms with Gasteiger partial charge in [-0.05, 0) is 0 Å². The molecular formula is CH4N3O3-3. The van der Waals surface area contributed by atoms with Crippen LogP contribution in [0.25, 0.3) is 0 Å². The lowest BCUT2D eigenvalue weighted by molar-refractivity contribution is 0.489. The van der Waals surface area contributed by atoms with Gasteiger partial charge in [-0.25, -0.2) is 0 Å². The molecule has 7 heavy (non-hydrogen) atoms. The molecule has 0 amide bonds. The van der Waals surface area contributed by atoms with Gasteiger partial charge in [0, 0.05) is 0 Å². The predicted molar refractivity (Wildman–Crippen MR) is 23.3 cm³/mol. The zero-order chi connectivity index (χ0) is 5.70. The topological polar surface area (TPSA) is 105 Å². The van der Waals surface area contributed by atoms with Crippen LogP contribution in [0.15, 0.2) is 0 Å². The van der Waals surface area contributed by atoms with Crippen molar-refractivity contribution in [1.82, 2.24) is 16.4 Å². The van der Waals surface area contributed by atoms with Crippen molar-refractivity contribution in [1.29, 1.82) is 0 Å². The van der Waals surface area contributed by atoms with E-state index in [1.165, 1.54) is 0 Å². The first-order chi connectivity index (χ1) is 3.35. The van der Waals surface area contributed by atoms with E-state index in [9.17, 15) is 15.6 Å². The number of nitrogens with one attached hydrogen (secondary N) is 3. The van der Waals surface area contributed by atoms with Crippen molar-refractivity contribution in [2.24, 2.45) is 0 Å². The monoisotopic (exact) mass is 106 g/mol. The summed E-state index contributed by atoms with van der Waals surface area (Å²) >= 11 is 0. The van der Waals surface area contributed by atoms with Gasteiger partial charge in [-0.15, -0.1) is 0 Å². The van der Waals surface area contributed by atoms with E-state index >= 15 is 0 Å². The standard InChI is InChI=1S/CH4N3O3/c5-2-1(3-6)4-7/h1-4H/q-3. The fourth-order valence-corrected chi connectivity index (χ4v) is 0.0722. The summed E-state index contributed by atoms with van der Waals surface area (Å²) in [7, 11) is 0. The minimum Gasteiger partial charge on any atom is -0.786 e. The molecule has 0 saturated heterocycles. The third-order valence-corrected chi connectivity index (χ3v) is 0.354. The van der Waals surface area contributed by atoms with E-state index in [4.69, 9.17) is 0 Å². The molecule has 6 heteroatoms. The van der Waals surface area contributed by atoms with Gasteiger partial charge >= 0.3 is 0 Å². The van der Waals surface area contributed by atoms with E-state index in [-0.39, 0.29) is 0 Å². The largest absolute Gasteiger partial charge is 0.786 e. The van der Waals surface area contributed by atoms with Gasteiger partial charge < -0.3 is 32.1 Å². The molecule has 0 radical (unpaired) electrons. The van der Waals surface area contributed by atoms with Crippen LogP contribution in [0.2, 0.25) is 0 Å². The Balaban J connectivity index is 2.99. The molecule has 3 N–H and O–H groups in total. The van der Waals surface area contributed by atoms with Crippen LogP contribution in [0.4, 0.5) is 0 Å². The summed E-state index contributed by atoms with van der Waals surface area (Å²) in [5.41, 5.74) is 3.31. The van der Waals surface area contributed by atoms with Crippen LogP contribution in [-0.2, 0) is 0 Å². The van der Waals surface area contributed by atoms with Gasteiger partial charge in [0.05, 0.1) is 6.29 Å². The molecule has 0 aromatic rings. The van der Waals surface area contributed by atoms with E-state index in [1.807, 2.05) is 0 Å². The Labute approximate surface area is 39.6 Å². The molecule has 0 heterocycles. The van der Waals surface area contributed by atoms with E-state index in [1.54, 1.807) is 0 Å². The van der Waals surface area contributed by atoms with Crippen molar-refractivity contribution >= 4 is 0 Å². The van der Waals surface area contributed by atoms with Crippen LogP contribution in [-0.4, -0.2) is 6.29 Å². The first-order valence-corrected chi connectivity index (χ1v) is 1.48. The lowest BCUT2D eigenvalue weighted by Gasteiger charge is -2.30. The maximum Gasteiger partial charge on any atom is 0.0767 e. The first kappa shape index (κ1) is 6.76. The fourth-order valence-electron chi connectivity index (χ4n) is 0.0722. The summed E-state index contributed by atoms with van der Waals surface area (Å²) in [6, 6.07) is 0. The van der Waals surface area contributed by atoms with Gasteiger partial charge in [-0.1, -0.05) is 0 Å². The molecule has 0 aliphatic heterocycles. The van der Waals surface area contributed by atoms with E-state index < -0.39 is 6.29 Å². The van der Waals surface area contributed by atoms with Crippen molar-refractivity contribution in [2.45, 2.75) is 6.29 Å². The van der Waals surface area contributed by atoms with Crippen molar-refractivity contribution in [2.75, 3.05) is 0 Å². The number of rotatable bonds is 3. The summed E-state index contributed by atoms with van der Waals surface area (Å²) in [5.74, 6) is 0. The molecule has 0 aromatic carbocycles. The van der Waals surface area contributed by atoms with Gasteiger partial charge in [0.15, 0.2) is 0 Å². The summed E-state index contributed by atoms with van der Waals surface area (Å²) < 4.78 is 0. The lowest BCUT2D eigenvalue weighted by atomic mass is 11.0. The number of hydrogen-bond acceptors (Lipinski definition) is 6. The van der Waals surface area contributed by atoms with Crippen molar-refractivity contribution in [3.8, 4) is 0 Å². The smallest absolute Gasteiger partial charge is 0.0767 e. The van der Waals surface area contributed by atoms with Crippen LogP contribution in [0.5, 0.6) is 0 Å². The van der Waals surface area contributed by atoms with E-state index in [0.717, 1.165) is 16.4 Å². The van der Waals surface area contributed by atoms with Crippen molar-refractivity contribution < 1.29 is 0 Å². The average molecular weight is 106 g/mol. The third kappa shape index (κ3) is 2.45. The van der Waals surface area contributed by atoms with Crippen molar-refractivity contribution in [3.63, 3.8) is 0 Å². The average Bonchev–Trinajstić information content (AvgIpc) is 1.72. The Morgan fingerprint density at radius 2 is 1.14 bits per heavy atom. The van der Waals surface area contributed by atoms with E-state index in [0.29, 0.717) is 0 Å². The summed E-state index contributed by atoms with van der Waals surface area (Å²) in [6.07, 6.45) is -1.43. The van der Waals surface area contributed by atoms with Gasteiger partial charge in [-0.3, -0.25) is 0 Å². The molecule has 0 rings (SSSR count). The maximum atomic E-state index is 9.32. The minimum atomic E-state index is -1.43. The predicted octanol–water partition coefficient (Wildman–Crippen LogP) is -1.47. The molecule has 44 valence electrons. The molecular weight excluding hydrogens is 102 g/mol. The molecule has 0 saturated carbocycles. The molecule has 0 atom stereocenters. The van der Waals surface area contributed by atoms with Gasteiger partial charge in [0.2, 0.25) is 0 Å². The van der Waals surface area contributed by atoms with Crippen LogP contribution < -0.4 is 16.4 Å². The Morgan fingerprint density at radius 1 is 0.857 bits per heavy atom. The Bertz CT molecular complexity index is 31.7. The summed E-state index contributed by atoms with van der Waals surface area (Å²) in [4.78, 5) is 0. The minimum absolute atomic E-state index is 1.10. The molecule has 0 bridgehead atoms. The quantitative estimate of drug-likeness (QED) is 0.299. The van der Waals surface area contributed by atoms with Crippen molar-refractivity contribution in [3.05, 3.63) is 15.6 Å². The summed E-state index contributed by atoms with van der Waals surface area (Å²) in [6.45, 7) is 0. The highest BCUT2D eigenvalue weighted by Crippen LogP contribution is 1.60. The second kappa shape index (κ2) is 3.93. The van der Waals surface area contributed by atoms with Gasteiger partial charge in [-0.2, -0.15) is 0 Å². The van der Waals surface area contributed by atoms with Gasteiger partial charge in [0.1, 0.15) is 0 Å². The SMILES string of the molecule is [O-]NC(N[O-])N[O-]. The van der Waals surface area contributed by atoms with Gasteiger partial charge in [0.25, 0.3) is 0 Å². The highest BCUT2D eigenvalue weighted by atomic mass is 16.5. The second-order valence-corrected chi connectivity index (χ2v) is 0.787. The van der Waals surface area contributed by atoms with Crippen LogP contribution in [0.1, 0.15) is 0 Å². The zero-order valence-corrected chi connectivity index (χ0v) is 3.30. The molecule has 0 aromatic heterocycles. The second-order valence-electron chi connectivity index (χ2n) is 0.787. The molecule has 0 fully saturated rings. The number of hydrogen-bond donors (Lipinski definition) is 3. The zero-order valence-electron chi connectivity index (χ0n) is 3.30. The Morgan fingerprint density at radius 3 is 1.14 bits per heavy atom. The van der Waals surface area contributed by atoms with Crippen LogP contribution in [0.3, 0.4) is 0 Å². The molecule has 0 aliphatic carbocycles. The highest BCUT2D eigenvalue weighted by Gasteiger charge is 1.78. The van der Waals surface area contributed by atoms with Crippen LogP contribution >= 0.6 is 0 Å². The Kier molecular flexibility index (Phi) is 3.80. The molecule has 6 nitrogen and oxygen atoms in total. The third-order valence-electron chi connectivity index (χ3n) is 0.354. The van der Waals surface area contributed by atoms with Crippen LogP contribution in [0, 0.1) is 15.6 Å². The number of hydroxylamine groups is 3. The molecule has 0 spiro atoms. The summed E-state index contributed by atoms with van der Waals surface area (Å²) in [5, 5.41) is 28.0.